The van der Waals surface area contributed by atoms with Crippen LogP contribution in [0.2, 0.25) is 0 Å². The molecule has 0 spiro atoms. The summed E-state index contributed by atoms with van der Waals surface area (Å²) in [5.41, 5.74) is 4.81. The van der Waals surface area contributed by atoms with E-state index in [2.05, 4.69) is 19.7 Å². The van der Waals surface area contributed by atoms with Crippen LogP contribution in [0.15, 0.2) is 59.4 Å². The number of imidazole rings is 1. The molecule has 4 aromatic rings. The Labute approximate surface area is 167 Å². The number of methoxy groups -OCH3 is 1. The third kappa shape index (κ3) is 3.30. The highest BCUT2D eigenvalue weighted by Gasteiger charge is 2.26. The molecule has 5 rings (SSSR count). The Kier molecular flexibility index (Phi) is 4.37. The summed E-state index contributed by atoms with van der Waals surface area (Å²) in [4.78, 5) is 9.05. The molecule has 0 amide bonds. The molecule has 146 valence electrons. The van der Waals surface area contributed by atoms with Crippen LogP contribution in [0.3, 0.4) is 0 Å². The van der Waals surface area contributed by atoms with Crippen molar-refractivity contribution in [1.29, 1.82) is 0 Å². The van der Waals surface area contributed by atoms with E-state index >= 15 is 0 Å². The number of nitrogens with zero attached hydrogens (tertiary/aromatic N) is 4. The van der Waals surface area contributed by atoms with Crippen LogP contribution in [0.5, 0.6) is 5.75 Å². The Morgan fingerprint density at radius 3 is 2.62 bits per heavy atom. The fourth-order valence-corrected chi connectivity index (χ4v) is 3.47. The Morgan fingerprint density at radius 2 is 1.86 bits per heavy atom. The van der Waals surface area contributed by atoms with E-state index in [0.717, 1.165) is 22.6 Å². The van der Waals surface area contributed by atoms with Gasteiger partial charge in [0.15, 0.2) is 5.69 Å². The molecule has 29 heavy (non-hydrogen) atoms. The molecule has 0 bridgehead atoms. The number of ether oxygens (including phenoxy) is 2. The highest BCUT2D eigenvalue weighted by molar-refractivity contribution is 5.59. The lowest BCUT2D eigenvalue weighted by molar-refractivity contribution is 0.00328. The molecule has 7 nitrogen and oxygen atoms in total. The molecular formula is C22H20N4O3. The summed E-state index contributed by atoms with van der Waals surface area (Å²) in [6.45, 7) is 3.14. The van der Waals surface area contributed by atoms with Crippen LogP contribution in [0.1, 0.15) is 22.9 Å². The van der Waals surface area contributed by atoms with Crippen LogP contribution < -0.4 is 4.74 Å². The number of aromatic nitrogens is 4. The normalized spacial score (nSPS) is 15.9. The van der Waals surface area contributed by atoms with Gasteiger partial charge in [0.25, 0.3) is 5.89 Å². The van der Waals surface area contributed by atoms with Crippen molar-refractivity contribution >= 4 is 0 Å². The third-order valence-corrected chi connectivity index (χ3v) is 5.16. The molecule has 7 heteroatoms. The van der Waals surface area contributed by atoms with Gasteiger partial charge in [-0.3, -0.25) is 0 Å². The summed E-state index contributed by atoms with van der Waals surface area (Å²) in [7, 11) is 1.66. The minimum absolute atomic E-state index is 0.0405. The Morgan fingerprint density at radius 1 is 1.07 bits per heavy atom. The van der Waals surface area contributed by atoms with Gasteiger partial charge < -0.3 is 18.6 Å². The molecule has 2 aromatic heterocycles. The predicted octanol–water partition coefficient (Wildman–Crippen LogP) is 4.19. The molecular weight excluding hydrogens is 368 g/mol. The highest BCUT2D eigenvalue weighted by Crippen LogP contribution is 2.32. The fraction of sp³-hybridized carbons (Fsp3) is 0.227. The number of hydrogen-bond donors (Lipinski definition) is 0. The van der Waals surface area contributed by atoms with Crippen LogP contribution in [0.25, 0.3) is 23.0 Å². The second kappa shape index (κ2) is 7.18. The van der Waals surface area contributed by atoms with Gasteiger partial charge >= 0.3 is 0 Å². The van der Waals surface area contributed by atoms with Crippen molar-refractivity contribution in [3.63, 3.8) is 0 Å². The first kappa shape index (κ1) is 17.6. The maximum absolute atomic E-state index is 6.10. The number of hydrogen-bond acceptors (Lipinski definition) is 6. The largest absolute Gasteiger partial charge is 0.497 e. The Hall–Kier alpha value is -3.45. The summed E-state index contributed by atoms with van der Waals surface area (Å²) in [5, 5.41) is 4.11. The van der Waals surface area contributed by atoms with E-state index in [1.807, 2.05) is 55.5 Å². The van der Waals surface area contributed by atoms with E-state index in [-0.39, 0.29) is 6.10 Å². The minimum atomic E-state index is -0.0405. The standard InChI is InChI=1S/C22H20N4O3/c1-14-3-5-16(6-4-14)21-24-22(29-25-21)20-18-12-28-19(11-26(18)13-23-20)15-7-9-17(27-2)10-8-15/h3-10,13,19H,11-12H2,1-2H3/t19-/m1/s1. The number of benzene rings is 2. The zero-order valence-corrected chi connectivity index (χ0v) is 16.2. The van der Waals surface area contributed by atoms with Crippen molar-refractivity contribution in [3.05, 3.63) is 71.7 Å². The van der Waals surface area contributed by atoms with E-state index in [1.165, 1.54) is 5.56 Å². The Bertz CT molecular complexity index is 1130. The van der Waals surface area contributed by atoms with E-state index in [9.17, 15) is 0 Å². The average molecular weight is 388 g/mol. The number of fused-ring (bicyclic) bond motifs is 1. The van der Waals surface area contributed by atoms with E-state index in [0.29, 0.717) is 30.6 Å². The summed E-state index contributed by atoms with van der Waals surface area (Å²) in [6, 6.07) is 16.0. The predicted molar refractivity (Wildman–Crippen MR) is 106 cm³/mol. The van der Waals surface area contributed by atoms with Gasteiger partial charge in [0.2, 0.25) is 5.82 Å². The zero-order chi connectivity index (χ0) is 19.8. The molecule has 0 fully saturated rings. The van der Waals surface area contributed by atoms with Crippen molar-refractivity contribution in [2.24, 2.45) is 0 Å². The highest BCUT2D eigenvalue weighted by atomic mass is 16.5. The molecule has 3 heterocycles. The lowest BCUT2D eigenvalue weighted by Gasteiger charge is -2.25. The maximum Gasteiger partial charge on any atom is 0.278 e. The summed E-state index contributed by atoms with van der Waals surface area (Å²) < 4.78 is 18.9. The van der Waals surface area contributed by atoms with Crippen LogP contribution in [-0.4, -0.2) is 26.8 Å². The monoisotopic (exact) mass is 388 g/mol. The van der Waals surface area contributed by atoms with Crippen molar-refractivity contribution in [3.8, 4) is 28.7 Å². The summed E-state index contributed by atoms with van der Waals surface area (Å²) >= 11 is 0. The second-order valence-electron chi connectivity index (χ2n) is 7.05. The van der Waals surface area contributed by atoms with Crippen molar-refractivity contribution < 1.29 is 14.0 Å². The second-order valence-corrected chi connectivity index (χ2v) is 7.05. The van der Waals surface area contributed by atoms with E-state index < -0.39 is 0 Å². The summed E-state index contributed by atoms with van der Waals surface area (Å²) in [6.07, 6.45) is 1.76. The van der Waals surface area contributed by atoms with Crippen molar-refractivity contribution in [2.75, 3.05) is 7.11 Å². The van der Waals surface area contributed by atoms with Gasteiger partial charge in [-0.2, -0.15) is 4.98 Å². The van der Waals surface area contributed by atoms with Gasteiger partial charge in [0, 0.05) is 5.56 Å². The SMILES string of the molecule is COc1ccc([C@H]2Cn3cnc(-c4nc(-c5ccc(C)cc5)no4)c3CO2)cc1. The lowest BCUT2D eigenvalue weighted by Crippen LogP contribution is -2.20. The van der Waals surface area contributed by atoms with Gasteiger partial charge in [-0.05, 0) is 24.6 Å². The topological polar surface area (TPSA) is 75.2 Å². The smallest absolute Gasteiger partial charge is 0.278 e. The molecule has 0 N–H and O–H groups in total. The maximum atomic E-state index is 6.10. The molecule has 1 aliphatic rings. The average Bonchev–Trinajstić information content (AvgIpc) is 3.41. The first-order chi connectivity index (χ1) is 14.2. The van der Waals surface area contributed by atoms with Gasteiger partial charge in [0.1, 0.15) is 11.9 Å². The van der Waals surface area contributed by atoms with Crippen LogP contribution in [-0.2, 0) is 17.9 Å². The molecule has 1 atom stereocenters. The first-order valence-corrected chi connectivity index (χ1v) is 9.42. The number of aryl methyl sites for hydroxylation is 1. The number of rotatable bonds is 4. The lowest BCUT2D eigenvalue weighted by atomic mass is 10.1. The molecule has 0 radical (unpaired) electrons. The van der Waals surface area contributed by atoms with Gasteiger partial charge in [0.05, 0.1) is 32.3 Å². The van der Waals surface area contributed by atoms with Crippen molar-refractivity contribution in [2.45, 2.75) is 26.2 Å². The molecule has 0 unspecified atom stereocenters. The Balaban J connectivity index is 1.38. The summed E-state index contributed by atoms with van der Waals surface area (Å²) in [5.74, 6) is 1.78. The van der Waals surface area contributed by atoms with Crippen LogP contribution in [0.4, 0.5) is 0 Å². The molecule has 1 aliphatic heterocycles. The van der Waals surface area contributed by atoms with Crippen LogP contribution >= 0.6 is 0 Å². The fourth-order valence-electron chi connectivity index (χ4n) is 3.47. The van der Waals surface area contributed by atoms with Crippen molar-refractivity contribution in [1.82, 2.24) is 19.7 Å². The zero-order valence-electron chi connectivity index (χ0n) is 16.2. The van der Waals surface area contributed by atoms with Crippen LogP contribution in [0, 0.1) is 6.92 Å². The van der Waals surface area contributed by atoms with Gasteiger partial charge in [-0.1, -0.05) is 47.1 Å². The molecule has 0 saturated carbocycles. The molecule has 0 saturated heterocycles. The quantitative estimate of drug-likeness (QED) is 0.522. The first-order valence-electron chi connectivity index (χ1n) is 9.42. The van der Waals surface area contributed by atoms with Gasteiger partial charge in [-0.25, -0.2) is 4.98 Å². The van der Waals surface area contributed by atoms with Gasteiger partial charge in [-0.15, -0.1) is 0 Å². The molecule has 0 aliphatic carbocycles. The third-order valence-electron chi connectivity index (χ3n) is 5.16. The minimum Gasteiger partial charge on any atom is -0.497 e. The van der Waals surface area contributed by atoms with E-state index in [1.54, 1.807) is 13.4 Å². The van der Waals surface area contributed by atoms with E-state index in [4.69, 9.17) is 14.0 Å². The molecule has 2 aromatic carbocycles.